The van der Waals surface area contributed by atoms with Gasteiger partial charge in [-0.1, -0.05) is 89.5 Å². The first-order valence-electron chi connectivity index (χ1n) is 9.25. The Balaban J connectivity index is 2.33. The van der Waals surface area contributed by atoms with Crippen LogP contribution >= 0.6 is 11.6 Å². The van der Waals surface area contributed by atoms with Crippen LogP contribution in [-0.2, 0) is 4.87 Å². The van der Waals surface area contributed by atoms with Crippen LogP contribution in [0.25, 0.3) is 0 Å². The molecule has 22 heavy (non-hydrogen) atoms. The van der Waals surface area contributed by atoms with Gasteiger partial charge < -0.3 is 0 Å². The standard InChI is InChI=1S/C21H35Cl/c1-5-6-7-8-9-10-11-12-15-18(2)19-16-13-14-17-20(19)21(3,4)22/h13-14,16-18H,5-12,15H2,1-4H3. The molecule has 0 aliphatic carbocycles. The highest BCUT2D eigenvalue weighted by molar-refractivity contribution is 6.23. The zero-order chi connectivity index (χ0) is 16.4. The maximum atomic E-state index is 6.55. The molecule has 0 aliphatic rings. The first kappa shape index (κ1) is 19.6. The molecule has 0 amide bonds. The van der Waals surface area contributed by atoms with Crippen molar-refractivity contribution in [1.29, 1.82) is 0 Å². The molecule has 0 saturated heterocycles. The Labute approximate surface area is 143 Å². The molecule has 1 aromatic rings. The molecule has 1 aromatic carbocycles. The van der Waals surface area contributed by atoms with E-state index in [-0.39, 0.29) is 4.87 Å². The highest BCUT2D eigenvalue weighted by Gasteiger charge is 2.22. The van der Waals surface area contributed by atoms with Crippen LogP contribution in [0.5, 0.6) is 0 Å². The molecule has 0 bridgehead atoms. The maximum absolute atomic E-state index is 6.55. The van der Waals surface area contributed by atoms with Gasteiger partial charge in [0.1, 0.15) is 0 Å². The minimum atomic E-state index is -0.274. The Morgan fingerprint density at radius 1 is 0.909 bits per heavy atom. The van der Waals surface area contributed by atoms with Gasteiger partial charge in [-0.25, -0.2) is 0 Å². The van der Waals surface area contributed by atoms with Crippen molar-refractivity contribution in [3.63, 3.8) is 0 Å². The van der Waals surface area contributed by atoms with Crippen molar-refractivity contribution >= 4 is 11.6 Å². The second-order valence-corrected chi connectivity index (χ2v) is 8.17. The van der Waals surface area contributed by atoms with Crippen molar-refractivity contribution in [3.8, 4) is 0 Å². The van der Waals surface area contributed by atoms with E-state index < -0.39 is 0 Å². The molecular weight excluding hydrogens is 288 g/mol. The average molecular weight is 323 g/mol. The van der Waals surface area contributed by atoms with Crippen LogP contribution in [-0.4, -0.2) is 0 Å². The van der Waals surface area contributed by atoms with Crippen molar-refractivity contribution in [3.05, 3.63) is 35.4 Å². The van der Waals surface area contributed by atoms with E-state index in [4.69, 9.17) is 11.6 Å². The molecule has 1 rings (SSSR count). The zero-order valence-corrected chi connectivity index (χ0v) is 15.9. The minimum Gasteiger partial charge on any atom is -0.115 e. The molecule has 1 atom stereocenters. The fraction of sp³-hybridized carbons (Fsp3) is 0.714. The van der Waals surface area contributed by atoms with Crippen LogP contribution in [0.2, 0.25) is 0 Å². The van der Waals surface area contributed by atoms with E-state index in [0.717, 1.165) is 0 Å². The maximum Gasteiger partial charge on any atom is 0.0641 e. The summed E-state index contributed by atoms with van der Waals surface area (Å²) in [6, 6.07) is 8.69. The van der Waals surface area contributed by atoms with Gasteiger partial charge in [0, 0.05) is 0 Å². The van der Waals surface area contributed by atoms with Gasteiger partial charge in [0.05, 0.1) is 4.87 Å². The van der Waals surface area contributed by atoms with Crippen LogP contribution in [0.15, 0.2) is 24.3 Å². The lowest BCUT2D eigenvalue weighted by Crippen LogP contribution is -2.12. The summed E-state index contributed by atoms with van der Waals surface area (Å²) in [5, 5.41) is 0. The third kappa shape index (κ3) is 7.18. The Morgan fingerprint density at radius 3 is 2.05 bits per heavy atom. The van der Waals surface area contributed by atoms with Gasteiger partial charge in [-0.3, -0.25) is 0 Å². The smallest absolute Gasteiger partial charge is 0.0641 e. The highest BCUT2D eigenvalue weighted by Crippen LogP contribution is 2.35. The summed E-state index contributed by atoms with van der Waals surface area (Å²) in [7, 11) is 0. The molecule has 126 valence electrons. The fourth-order valence-corrected chi connectivity index (χ4v) is 3.38. The zero-order valence-electron chi connectivity index (χ0n) is 15.1. The molecule has 0 aliphatic heterocycles. The van der Waals surface area contributed by atoms with E-state index in [2.05, 4.69) is 52.0 Å². The molecular formula is C21H35Cl. The van der Waals surface area contributed by atoms with Gasteiger partial charge in [0.25, 0.3) is 0 Å². The number of hydrogen-bond acceptors (Lipinski definition) is 0. The number of benzene rings is 1. The van der Waals surface area contributed by atoms with E-state index in [1.165, 1.54) is 68.9 Å². The van der Waals surface area contributed by atoms with Gasteiger partial charge in [0.2, 0.25) is 0 Å². The summed E-state index contributed by atoms with van der Waals surface area (Å²) in [6.07, 6.45) is 12.4. The van der Waals surface area contributed by atoms with Crippen molar-refractivity contribution in [2.24, 2.45) is 0 Å². The third-order valence-electron chi connectivity index (χ3n) is 4.62. The van der Waals surface area contributed by atoms with E-state index in [0.29, 0.717) is 5.92 Å². The predicted molar refractivity (Wildman–Crippen MR) is 101 cm³/mol. The lowest BCUT2D eigenvalue weighted by atomic mass is 9.86. The Morgan fingerprint density at radius 2 is 1.45 bits per heavy atom. The van der Waals surface area contributed by atoms with Crippen molar-refractivity contribution < 1.29 is 0 Å². The van der Waals surface area contributed by atoms with Crippen LogP contribution < -0.4 is 0 Å². The summed E-state index contributed by atoms with van der Waals surface area (Å²) in [4.78, 5) is -0.274. The van der Waals surface area contributed by atoms with Crippen LogP contribution in [0.4, 0.5) is 0 Å². The summed E-state index contributed by atoms with van der Waals surface area (Å²) in [5.41, 5.74) is 2.73. The topological polar surface area (TPSA) is 0 Å². The van der Waals surface area contributed by atoms with Crippen molar-refractivity contribution in [2.75, 3.05) is 0 Å². The molecule has 0 aromatic heterocycles. The second kappa shape index (κ2) is 10.3. The fourth-order valence-electron chi connectivity index (χ4n) is 3.21. The molecule has 0 N–H and O–H groups in total. The number of unbranched alkanes of at least 4 members (excludes halogenated alkanes) is 7. The summed E-state index contributed by atoms with van der Waals surface area (Å²) in [5.74, 6) is 0.606. The van der Waals surface area contributed by atoms with E-state index in [1.54, 1.807) is 0 Å². The Bertz CT molecular complexity index is 403. The first-order chi connectivity index (χ1) is 10.5. The van der Waals surface area contributed by atoms with E-state index in [9.17, 15) is 0 Å². The molecule has 0 radical (unpaired) electrons. The molecule has 0 spiro atoms. The van der Waals surface area contributed by atoms with Crippen LogP contribution in [0.3, 0.4) is 0 Å². The number of hydrogen-bond donors (Lipinski definition) is 0. The van der Waals surface area contributed by atoms with Gasteiger partial charge in [0.15, 0.2) is 0 Å². The van der Waals surface area contributed by atoms with Gasteiger partial charge in [-0.2, -0.15) is 0 Å². The molecule has 1 heteroatoms. The molecule has 0 fully saturated rings. The normalized spacial score (nSPS) is 13.3. The quantitative estimate of drug-likeness (QED) is 0.288. The summed E-state index contributed by atoms with van der Waals surface area (Å²) >= 11 is 6.55. The van der Waals surface area contributed by atoms with Gasteiger partial charge >= 0.3 is 0 Å². The lowest BCUT2D eigenvalue weighted by molar-refractivity contribution is 0.540. The Kier molecular flexibility index (Phi) is 9.17. The van der Waals surface area contributed by atoms with Crippen molar-refractivity contribution in [2.45, 2.75) is 96.3 Å². The lowest BCUT2D eigenvalue weighted by Gasteiger charge is -2.24. The minimum absolute atomic E-state index is 0.274. The third-order valence-corrected chi connectivity index (χ3v) is 4.83. The second-order valence-electron chi connectivity index (χ2n) is 7.22. The molecule has 1 unspecified atom stereocenters. The van der Waals surface area contributed by atoms with E-state index in [1.807, 2.05) is 0 Å². The number of halogens is 1. The monoisotopic (exact) mass is 322 g/mol. The van der Waals surface area contributed by atoms with Gasteiger partial charge in [-0.05, 0) is 37.3 Å². The summed E-state index contributed by atoms with van der Waals surface area (Å²) in [6.45, 7) is 8.82. The van der Waals surface area contributed by atoms with Crippen LogP contribution in [0.1, 0.15) is 103 Å². The SMILES string of the molecule is CCCCCCCCCCC(C)c1ccccc1C(C)(C)Cl. The van der Waals surface area contributed by atoms with Crippen molar-refractivity contribution in [1.82, 2.24) is 0 Å². The predicted octanol–water partition coefficient (Wildman–Crippen LogP) is 7.79. The molecule has 0 nitrogen and oxygen atoms in total. The molecule has 0 saturated carbocycles. The highest BCUT2D eigenvalue weighted by atomic mass is 35.5. The largest absolute Gasteiger partial charge is 0.115 e. The van der Waals surface area contributed by atoms with Gasteiger partial charge in [-0.15, -0.1) is 11.6 Å². The van der Waals surface area contributed by atoms with E-state index >= 15 is 0 Å². The number of alkyl halides is 1. The van der Waals surface area contributed by atoms with Crippen LogP contribution in [0, 0.1) is 0 Å². The first-order valence-corrected chi connectivity index (χ1v) is 9.63. The Hall–Kier alpha value is -0.490. The summed E-state index contributed by atoms with van der Waals surface area (Å²) < 4.78 is 0. The number of rotatable bonds is 11. The molecule has 0 heterocycles. The average Bonchev–Trinajstić information content (AvgIpc) is 2.49.